The number of benzene rings is 1. The molecule has 1 aromatic carbocycles. The van der Waals surface area contributed by atoms with Gasteiger partial charge in [-0.25, -0.2) is 4.68 Å². The molecule has 20 heavy (non-hydrogen) atoms. The molecule has 1 aromatic heterocycles. The SMILES string of the molecule is CCCn1nc(C)c(N)c1NC(C)c1ccccc1Cl. The van der Waals surface area contributed by atoms with E-state index in [0.29, 0.717) is 5.69 Å². The second kappa shape index (κ2) is 6.18. The lowest BCUT2D eigenvalue weighted by molar-refractivity contribution is 0.599. The van der Waals surface area contributed by atoms with Crippen molar-refractivity contribution in [2.45, 2.75) is 39.8 Å². The fraction of sp³-hybridized carbons (Fsp3) is 0.400. The first-order valence-electron chi connectivity index (χ1n) is 6.88. The van der Waals surface area contributed by atoms with Crippen molar-refractivity contribution in [3.05, 3.63) is 40.5 Å². The minimum atomic E-state index is 0.0673. The number of hydrogen-bond acceptors (Lipinski definition) is 3. The van der Waals surface area contributed by atoms with Gasteiger partial charge in [-0.15, -0.1) is 0 Å². The first-order chi connectivity index (χ1) is 9.54. The van der Waals surface area contributed by atoms with Gasteiger partial charge in [0, 0.05) is 11.6 Å². The fourth-order valence-corrected chi connectivity index (χ4v) is 2.53. The summed E-state index contributed by atoms with van der Waals surface area (Å²) in [5.74, 6) is 0.872. The van der Waals surface area contributed by atoms with Gasteiger partial charge >= 0.3 is 0 Å². The summed E-state index contributed by atoms with van der Waals surface area (Å²) >= 11 is 6.24. The molecule has 2 rings (SSSR count). The van der Waals surface area contributed by atoms with E-state index in [0.717, 1.165) is 35.1 Å². The molecule has 1 atom stereocenters. The van der Waals surface area contributed by atoms with Gasteiger partial charge in [-0.2, -0.15) is 5.10 Å². The van der Waals surface area contributed by atoms with E-state index in [4.69, 9.17) is 17.3 Å². The summed E-state index contributed by atoms with van der Waals surface area (Å²) in [4.78, 5) is 0. The predicted octanol–water partition coefficient (Wildman–Crippen LogP) is 4.01. The average molecular weight is 293 g/mol. The predicted molar refractivity (Wildman–Crippen MR) is 85.2 cm³/mol. The van der Waals surface area contributed by atoms with E-state index in [9.17, 15) is 0 Å². The minimum absolute atomic E-state index is 0.0673. The molecule has 0 saturated carbocycles. The Bertz CT molecular complexity index is 592. The maximum absolute atomic E-state index is 6.24. The Morgan fingerprint density at radius 2 is 2.10 bits per heavy atom. The highest BCUT2D eigenvalue weighted by atomic mass is 35.5. The van der Waals surface area contributed by atoms with E-state index < -0.39 is 0 Å². The molecular formula is C15H21ClN4. The summed E-state index contributed by atoms with van der Waals surface area (Å²) in [6.45, 7) is 6.95. The van der Waals surface area contributed by atoms with Gasteiger partial charge in [-0.1, -0.05) is 36.7 Å². The fourth-order valence-electron chi connectivity index (χ4n) is 2.23. The Morgan fingerprint density at radius 1 is 1.40 bits per heavy atom. The van der Waals surface area contributed by atoms with Crippen molar-refractivity contribution in [1.82, 2.24) is 9.78 Å². The van der Waals surface area contributed by atoms with Gasteiger partial charge in [-0.05, 0) is 31.9 Å². The van der Waals surface area contributed by atoms with Crippen LogP contribution in [0.5, 0.6) is 0 Å². The number of hydrogen-bond donors (Lipinski definition) is 2. The van der Waals surface area contributed by atoms with Gasteiger partial charge < -0.3 is 11.1 Å². The Labute approximate surface area is 124 Å². The molecule has 0 spiro atoms. The number of anilines is 2. The van der Waals surface area contributed by atoms with Crippen LogP contribution >= 0.6 is 11.6 Å². The molecule has 0 fully saturated rings. The van der Waals surface area contributed by atoms with Gasteiger partial charge in [0.05, 0.1) is 17.4 Å². The Kier molecular flexibility index (Phi) is 4.55. The Morgan fingerprint density at radius 3 is 2.75 bits per heavy atom. The van der Waals surface area contributed by atoms with Crippen LogP contribution in [0, 0.1) is 6.92 Å². The van der Waals surface area contributed by atoms with Crippen molar-refractivity contribution in [3.8, 4) is 0 Å². The quantitative estimate of drug-likeness (QED) is 0.875. The molecule has 0 aliphatic heterocycles. The summed E-state index contributed by atoms with van der Waals surface area (Å²) < 4.78 is 1.93. The number of halogens is 1. The molecule has 0 amide bonds. The largest absolute Gasteiger partial charge is 0.394 e. The first kappa shape index (κ1) is 14.7. The molecule has 0 bridgehead atoms. The number of rotatable bonds is 5. The van der Waals surface area contributed by atoms with Crippen molar-refractivity contribution < 1.29 is 0 Å². The number of nitrogens with one attached hydrogen (secondary N) is 1. The van der Waals surface area contributed by atoms with Crippen molar-refractivity contribution in [1.29, 1.82) is 0 Å². The van der Waals surface area contributed by atoms with Crippen LogP contribution in [-0.2, 0) is 6.54 Å². The molecule has 4 nitrogen and oxygen atoms in total. The van der Waals surface area contributed by atoms with E-state index in [1.165, 1.54) is 0 Å². The number of nitrogens with zero attached hydrogens (tertiary/aromatic N) is 2. The van der Waals surface area contributed by atoms with Crippen LogP contribution in [-0.4, -0.2) is 9.78 Å². The molecule has 2 aromatic rings. The van der Waals surface area contributed by atoms with E-state index in [-0.39, 0.29) is 6.04 Å². The standard InChI is InChI=1S/C15H21ClN4/c1-4-9-20-15(14(17)11(3)19-20)18-10(2)12-7-5-6-8-13(12)16/h5-8,10,18H,4,9,17H2,1-3H3. The zero-order valence-corrected chi connectivity index (χ0v) is 12.9. The molecular weight excluding hydrogens is 272 g/mol. The smallest absolute Gasteiger partial charge is 0.148 e. The summed E-state index contributed by atoms with van der Waals surface area (Å²) in [6.07, 6.45) is 1.01. The van der Waals surface area contributed by atoms with E-state index in [1.54, 1.807) is 0 Å². The van der Waals surface area contributed by atoms with Gasteiger partial charge in [0.15, 0.2) is 0 Å². The molecule has 0 saturated heterocycles. The molecule has 1 heterocycles. The van der Waals surface area contributed by atoms with Crippen LogP contribution in [0.4, 0.5) is 11.5 Å². The lowest BCUT2D eigenvalue weighted by Gasteiger charge is -2.18. The molecule has 5 heteroatoms. The normalized spacial score (nSPS) is 12.4. The van der Waals surface area contributed by atoms with Gasteiger partial charge in [0.25, 0.3) is 0 Å². The first-order valence-corrected chi connectivity index (χ1v) is 7.26. The third kappa shape index (κ3) is 2.90. The number of nitrogen functional groups attached to an aromatic ring is 1. The monoisotopic (exact) mass is 292 g/mol. The highest BCUT2D eigenvalue weighted by Crippen LogP contribution is 2.29. The Hall–Kier alpha value is -1.68. The highest BCUT2D eigenvalue weighted by Gasteiger charge is 2.16. The topological polar surface area (TPSA) is 55.9 Å². The lowest BCUT2D eigenvalue weighted by atomic mass is 10.1. The summed E-state index contributed by atoms with van der Waals surface area (Å²) in [5.41, 5.74) is 8.73. The van der Waals surface area contributed by atoms with Gasteiger partial charge in [0.2, 0.25) is 0 Å². The maximum Gasteiger partial charge on any atom is 0.148 e. The number of nitrogens with two attached hydrogens (primary N) is 1. The maximum atomic E-state index is 6.24. The summed E-state index contributed by atoms with van der Waals surface area (Å²) in [7, 11) is 0. The van der Waals surface area contributed by atoms with Crippen molar-refractivity contribution >= 4 is 23.1 Å². The zero-order chi connectivity index (χ0) is 14.7. The van der Waals surface area contributed by atoms with Crippen LogP contribution < -0.4 is 11.1 Å². The van der Waals surface area contributed by atoms with Gasteiger partial charge in [-0.3, -0.25) is 0 Å². The zero-order valence-electron chi connectivity index (χ0n) is 12.2. The van der Waals surface area contributed by atoms with Crippen LogP contribution in [0.15, 0.2) is 24.3 Å². The summed E-state index contributed by atoms with van der Waals surface area (Å²) in [5, 5.41) is 8.65. The second-order valence-electron chi connectivity index (χ2n) is 4.96. The van der Waals surface area contributed by atoms with E-state index in [2.05, 4.69) is 24.3 Å². The number of aromatic nitrogens is 2. The highest BCUT2D eigenvalue weighted by molar-refractivity contribution is 6.31. The second-order valence-corrected chi connectivity index (χ2v) is 5.37. The lowest BCUT2D eigenvalue weighted by Crippen LogP contribution is -2.13. The van der Waals surface area contributed by atoms with Crippen LogP contribution in [0.2, 0.25) is 5.02 Å². The molecule has 108 valence electrons. The summed E-state index contributed by atoms with van der Waals surface area (Å²) in [6, 6.07) is 7.89. The van der Waals surface area contributed by atoms with Crippen molar-refractivity contribution in [3.63, 3.8) is 0 Å². The molecule has 0 radical (unpaired) electrons. The van der Waals surface area contributed by atoms with E-state index >= 15 is 0 Å². The molecule has 3 N–H and O–H groups in total. The molecule has 0 aliphatic carbocycles. The molecule has 1 unspecified atom stereocenters. The minimum Gasteiger partial charge on any atom is -0.394 e. The Balaban J connectivity index is 2.28. The average Bonchev–Trinajstić information content (AvgIpc) is 2.67. The molecule has 0 aliphatic rings. The van der Waals surface area contributed by atoms with Crippen LogP contribution in [0.3, 0.4) is 0 Å². The number of aryl methyl sites for hydroxylation is 2. The van der Waals surface area contributed by atoms with Crippen LogP contribution in [0.1, 0.15) is 37.6 Å². The van der Waals surface area contributed by atoms with Crippen molar-refractivity contribution in [2.75, 3.05) is 11.1 Å². The van der Waals surface area contributed by atoms with E-state index in [1.807, 2.05) is 35.9 Å². The van der Waals surface area contributed by atoms with Crippen molar-refractivity contribution in [2.24, 2.45) is 0 Å². The van der Waals surface area contributed by atoms with Gasteiger partial charge in [0.1, 0.15) is 5.82 Å². The van der Waals surface area contributed by atoms with Crippen LogP contribution in [0.25, 0.3) is 0 Å². The third-order valence-electron chi connectivity index (χ3n) is 3.33. The third-order valence-corrected chi connectivity index (χ3v) is 3.68.